The van der Waals surface area contributed by atoms with Gasteiger partial charge in [0, 0.05) is 0 Å². The van der Waals surface area contributed by atoms with Crippen molar-refractivity contribution in [3.05, 3.63) is 11.6 Å². The van der Waals surface area contributed by atoms with E-state index in [-0.39, 0.29) is 40.6 Å². The lowest BCUT2D eigenvalue weighted by molar-refractivity contribution is -0.324. The molecule has 6 aliphatic rings. The van der Waals surface area contributed by atoms with Crippen LogP contribution in [0.15, 0.2) is 11.6 Å². The Morgan fingerprint density at radius 1 is 0.822 bits per heavy atom. The SMILES string of the molecule is C[C@@H]1[C@@H](C)CC[C@@]2(C(=O)O)CC[C@@]3(C(=O)O)C(=CCC4[C@]5(C)CC[C@@H](O[C@H]6O[C@@H](C)[C@H](O)[C@@H](O)[C@@H]6O)C(C)(C)C5CC[C@@]43C)[C@@H]12. The standard InChI is InChI=1S/C36H56O9/c1-18-10-15-35(30(40)41)16-17-36(31(42)43)21(25(35)19(18)2)8-9-23-33(6)13-12-24(32(4,5)22(33)11-14-34(23,36)7)45-29-28(39)27(38)26(37)20(3)44-29/h8,18-20,22-29,37-39H,9-17H2,1-7H3,(H,40,41)(H,42,43)/t18-,19+,20-,22?,23?,24+,25+,26-,27+,28-,29+,33+,34-,35+,36-/m0/s1. The molecule has 254 valence electrons. The molecule has 1 heterocycles. The zero-order valence-corrected chi connectivity index (χ0v) is 28.2. The van der Waals surface area contributed by atoms with Crippen LogP contribution in [0.4, 0.5) is 0 Å². The van der Waals surface area contributed by atoms with E-state index in [9.17, 15) is 35.1 Å². The highest BCUT2D eigenvalue weighted by atomic mass is 16.7. The number of hydrogen-bond acceptors (Lipinski definition) is 7. The van der Waals surface area contributed by atoms with E-state index < -0.39 is 58.9 Å². The number of carbonyl (C=O) groups is 2. The van der Waals surface area contributed by atoms with Crippen LogP contribution in [0.5, 0.6) is 0 Å². The number of aliphatic hydroxyl groups is 3. The Kier molecular flexibility index (Phi) is 7.97. The third-order valence-corrected chi connectivity index (χ3v) is 15.3. The molecular weight excluding hydrogens is 576 g/mol. The second kappa shape index (κ2) is 10.7. The summed E-state index contributed by atoms with van der Waals surface area (Å²) in [6.45, 7) is 15.0. The van der Waals surface area contributed by atoms with Gasteiger partial charge in [0.1, 0.15) is 18.3 Å². The lowest BCUT2D eigenvalue weighted by atomic mass is 9.33. The molecule has 5 N–H and O–H groups in total. The second-order valence-electron chi connectivity index (χ2n) is 17.2. The first kappa shape index (κ1) is 33.4. The van der Waals surface area contributed by atoms with Crippen LogP contribution < -0.4 is 0 Å². The summed E-state index contributed by atoms with van der Waals surface area (Å²) in [5.74, 6) is -1.08. The number of allylic oxidation sites excluding steroid dienone is 1. The molecule has 15 atom stereocenters. The Morgan fingerprint density at radius 2 is 1.51 bits per heavy atom. The number of aliphatic carboxylic acids is 2. The lowest BCUT2D eigenvalue weighted by Gasteiger charge is -2.70. The Morgan fingerprint density at radius 3 is 2.16 bits per heavy atom. The molecule has 1 aliphatic heterocycles. The normalized spacial score (nSPS) is 54.0. The summed E-state index contributed by atoms with van der Waals surface area (Å²) in [6, 6.07) is 0. The first-order chi connectivity index (χ1) is 20.9. The maximum atomic E-state index is 13.8. The fraction of sp³-hybridized carbons (Fsp3) is 0.889. The molecule has 2 unspecified atom stereocenters. The van der Waals surface area contributed by atoms with Gasteiger partial charge in [0.05, 0.1) is 23.0 Å². The van der Waals surface area contributed by atoms with E-state index in [1.54, 1.807) is 6.92 Å². The molecule has 0 spiro atoms. The highest BCUT2D eigenvalue weighted by molar-refractivity contribution is 5.84. The maximum absolute atomic E-state index is 13.8. The first-order valence-electron chi connectivity index (χ1n) is 17.4. The van der Waals surface area contributed by atoms with Crippen molar-refractivity contribution in [3.8, 4) is 0 Å². The molecule has 6 rings (SSSR count). The molecule has 1 saturated heterocycles. The molecule has 5 aliphatic carbocycles. The summed E-state index contributed by atoms with van der Waals surface area (Å²) in [7, 11) is 0. The van der Waals surface area contributed by atoms with Gasteiger partial charge in [-0.1, -0.05) is 53.2 Å². The van der Waals surface area contributed by atoms with Crippen LogP contribution >= 0.6 is 0 Å². The minimum absolute atomic E-state index is 0.0958. The Hall–Kier alpha value is -1.52. The van der Waals surface area contributed by atoms with Crippen LogP contribution in [0.2, 0.25) is 0 Å². The molecule has 0 bridgehead atoms. The Labute approximate surface area is 267 Å². The molecular formula is C36H56O9. The number of fused-ring (bicyclic) bond motifs is 7. The topological polar surface area (TPSA) is 154 Å². The van der Waals surface area contributed by atoms with Gasteiger partial charge in [0.2, 0.25) is 0 Å². The predicted octanol–water partition coefficient (Wildman–Crippen LogP) is 5.01. The summed E-state index contributed by atoms with van der Waals surface area (Å²) in [5, 5.41) is 53.2. The van der Waals surface area contributed by atoms with Crippen LogP contribution in [0.3, 0.4) is 0 Å². The number of hydrogen-bond donors (Lipinski definition) is 5. The van der Waals surface area contributed by atoms with E-state index >= 15 is 0 Å². The van der Waals surface area contributed by atoms with Crippen molar-refractivity contribution in [2.75, 3.05) is 0 Å². The molecule has 0 radical (unpaired) electrons. The summed E-state index contributed by atoms with van der Waals surface area (Å²) in [5.41, 5.74) is -2.13. The number of rotatable bonds is 4. The van der Waals surface area contributed by atoms with E-state index in [0.717, 1.165) is 37.7 Å². The van der Waals surface area contributed by atoms with Gasteiger partial charge in [-0.25, -0.2) is 0 Å². The number of aliphatic hydroxyl groups excluding tert-OH is 3. The molecule has 0 aromatic heterocycles. The average Bonchev–Trinajstić information content (AvgIpc) is 2.97. The number of carboxylic acid groups (broad SMARTS) is 2. The number of carboxylic acids is 2. The quantitative estimate of drug-likeness (QED) is 0.213. The van der Waals surface area contributed by atoms with Crippen molar-refractivity contribution in [2.45, 2.75) is 143 Å². The molecule has 0 amide bonds. The van der Waals surface area contributed by atoms with Gasteiger partial charge >= 0.3 is 11.9 Å². The Balaban J connectivity index is 1.35. The predicted molar refractivity (Wildman–Crippen MR) is 166 cm³/mol. The van der Waals surface area contributed by atoms with Crippen LogP contribution in [-0.4, -0.2) is 74.3 Å². The van der Waals surface area contributed by atoms with Crippen molar-refractivity contribution in [3.63, 3.8) is 0 Å². The highest BCUT2D eigenvalue weighted by Gasteiger charge is 2.73. The molecule has 0 aromatic rings. The fourth-order valence-corrected chi connectivity index (χ4v) is 12.5. The largest absolute Gasteiger partial charge is 0.481 e. The van der Waals surface area contributed by atoms with E-state index in [4.69, 9.17) is 9.47 Å². The van der Waals surface area contributed by atoms with E-state index in [1.807, 2.05) is 0 Å². The van der Waals surface area contributed by atoms with E-state index in [1.165, 1.54) is 0 Å². The van der Waals surface area contributed by atoms with Crippen molar-refractivity contribution < 1.29 is 44.6 Å². The second-order valence-corrected chi connectivity index (χ2v) is 17.2. The molecule has 4 saturated carbocycles. The van der Waals surface area contributed by atoms with Crippen molar-refractivity contribution >= 4 is 11.9 Å². The monoisotopic (exact) mass is 632 g/mol. The van der Waals surface area contributed by atoms with E-state index in [2.05, 4.69) is 47.6 Å². The smallest absolute Gasteiger partial charge is 0.314 e. The molecule has 9 nitrogen and oxygen atoms in total. The fourth-order valence-electron chi connectivity index (χ4n) is 12.5. The third kappa shape index (κ3) is 4.28. The first-order valence-corrected chi connectivity index (χ1v) is 17.4. The zero-order valence-electron chi connectivity index (χ0n) is 28.2. The Bertz CT molecular complexity index is 1250. The molecule has 45 heavy (non-hydrogen) atoms. The summed E-state index contributed by atoms with van der Waals surface area (Å²) in [6.07, 6.45) is 2.36. The maximum Gasteiger partial charge on any atom is 0.314 e. The van der Waals surface area contributed by atoms with Crippen LogP contribution in [0.25, 0.3) is 0 Å². The minimum Gasteiger partial charge on any atom is -0.481 e. The summed E-state index contributed by atoms with van der Waals surface area (Å²) >= 11 is 0. The third-order valence-electron chi connectivity index (χ3n) is 15.3. The van der Waals surface area contributed by atoms with Crippen LogP contribution in [-0.2, 0) is 19.1 Å². The van der Waals surface area contributed by atoms with Gasteiger partial charge in [0.15, 0.2) is 6.29 Å². The zero-order chi connectivity index (χ0) is 33.1. The van der Waals surface area contributed by atoms with Crippen LogP contribution in [0.1, 0.15) is 106 Å². The summed E-state index contributed by atoms with van der Waals surface area (Å²) in [4.78, 5) is 26.8. The van der Waals surface area contributed by atoms with Gasteiger partial charge in [-0.2, -0.15) is 0 Å². The van der Waals surface area contributed by atoms with Gasteiger partial charge in [-0.05, 0) is 111 Å². The minimum atomic E-state index is -1.36. The van der Waals surface area contributed by atoms with Gasteiger partial charge in [-0.15, -0.1) is 0 Å². The van der Waals surface area contributed by atoms with Gasteiger partial charge in [-0.3, -0.25) is 9.59 Å². The van der Waals surface area contributed by atoms with Crippen molar-refractivity contribution in [1.29, 1.82) is 0 Å². The number of ether oxygens (including phenoxy) is 2. The van der Waals surface area contributed by atoms with Crippen molar-refractivity contribution in [2.24, 2.45) is 56.7 Å². The summed E-state index contributed by atoms with van der Waals surface area (Å²) < 4.78 is 12.3. The molecule has 9 heteroatoms. The molecule has 0 aromatic carbocycles. The van der Waals surface area contributed by atoms with Gasteiger partial charge < -0.3 is 35.0 Å². The molecule has 5 fully saturated rings. The van der Waals surface area contributed by atoms with Gasteiger partial charge in [0.25, 0.3) is 0 Å². The van der Waals surface area contributed by atoms with Crippen molar-refractivity contribution in [1.82, 2.24) is 0 Å². The lowest BCUT2D eigenvalue weighted by Crippen LogP contribution is -2.68. The van der Waals surface area contributed by atoms with E-state index in [0.29, 0.717) is 31.6 Å². The van der Waals surface area contributed by atoms with Crippen LogP contribution in [0, 0.1) is 56.7 Å². The average molecular weight is 633 g/mol. The highest BCUT2D eigenvalue weighted by Crippen LogP contribution is 2.76.